The van der Waals surface area contributed by atoms with Crippen LogP contribution in [0.2, 0.25) is 0 Å². The molecule has 136 valence electrons. The van der Waals surface area contributed by atoms with Gasteiger partial charge in [0.1, 0.15) is 18.0 Å². The predicted molar refractivity (Wildman–Crippen MR) is 109 cm³/mol. The van der Waals surface area contributed by atoms with Crippen LogP contribution in [0.5, 0.6) is 0 Å². The quantitative estimate of drug-likeness (QED) is 0.140. The zero-order valence-electron chi connectivity index (χ0n) is 13.9. The highest BCUT2D eigenvalue weighted by molar-refractivity contribution is 14.0. The van der Waals surface area contributed by atoms with Crippen LogP contribution in [0.1, 0.15) is 12.7 Å². The fourth-order valence-electron chi connectivity index (χ4n) is 2.06. The number of nitrogens with one attached hydrogen (secondary N) is 3. The van der Waals surface area contributed by atoms with Crippen molar-refractivity contribution in [1.82, 2.24) is 10.6 Å². The van der Waals surface area contributed by atoms with Gasteiger partial charge in [-0.15, -0.1) is 24.0 Å². The van der Waals surface area contributed by atoms with Gasteiger partial charge in [0.25, 0.3) is 5.69 Å². The van der Waals surface area contributed by atoms with Crippen molar-refractivity contribution in [3.05, 3.63) is 58.5 Å². The Morgan fingerprint density at radius 3 is 2.68 bits per heavy atom. The first-order valence-corrected chi connectivity index (χ1v) is 7.72. The third-order valence-electron chi connectivity index (χ3n) is 3.15. The Labute approximate surface area is 163 Å². The van der Waals surface area contributed by atoms with E-state index in [2.05, 4.69) is 20.9 Å². The van der Waals surface area contributed by atoms with Gasteiger partial charge in [0.15, 0.2) is 5.96 Å². The smallest absolute Gasteiger partial charge is 0.292 e. The topological polar surface area (TPSA) is 105 Å². The molecule has 2 aromatic rings. The molecule has 25 heavy (non-hydrogen) atoms. The molecule has 0 saturated heterocycles. The number of para-hydroxylation sites is 2. The Kier molecular flexibility index (Phi) is 9.37. The number of nitro benzene ring substituents is 1. The lowest BCUT2D eigenvalue weighted by atomic mass is 10.2. The van der Waals surface area contributed by atoms with E-state index in [-0.39, 0.29) is 29.7 Å². The maximum Gasteiger partial charge on any atom is 0.292 e. The van der Waals surface area contributed by atoms with Gasteiger partial charge in [0, 0.05) is 25.7 Å². The fraction of sp³-hybridized carbons (Fsp3) is 0.312. The van der Waals surface area contributed by atoms with E-state index in [9.17, 15) is 10.1 Å². The average Bonchev–Trinajstić information content (AvgIpc) is 3.10. The first-order chi connectivity index (χ1) is 11.7. The first-order valence-electron chi connectivity index (χ1n) is 7.72. The first kappa shape index (κ1) is 20.7. The van der Waals surface area contributed by atoms with Crippen molar-refractivity contribution in [2.45, 2.75) is 13.5 Å². The highest BCUT2D eigenvalue weighted by Gasteiger charge is 2.11. The molecule has 0 bridgehead atoms. The number of aliphatic imine (C=N–C) groups is 1. The number of hydrogen-bond acceptors (Lipinski definition) is 5. The van der Waals surface area contributed by atoms with Gasteiger partial charge in [-0.05, 0) is 25.1 Å². The third kappa shape index (κ3) is 6.99. The Balaban J connectivity index is 0.00000312. The minimum atomic E-state index is -0.398. The number of hydrogen-bond donors (Lipinski definition) is 3. The minimum Gasteiger partial charge on any atom is -0.467 e. The summed E-state index contributed by atoms with van der Waals surface area (Å²) in [5.41, 5.74) is 0.567. The number of guanidine groups is 1. The maximum absolute atomic E-state index is 11.0. The van der Waals surface area contributed by atoms with Crippen molar-refractivity contribution < 1.29 is 9.34 Å². The van der Waals surface area contributed by atoms with Crippen molar-refractivity contribution in [3.8, 4) is 0 Å². The summed E-state index contributed by atoms with van der Waals surface area (Å²) in [7, 11) is 0. The molecule has 0 aliphatic heterocycles. The molecule has 1 aromatic carbocycles. The van der Waals surface area contributed by atoms with E-state index in [1.807, 2.05) is 19.1 Å². The lowest BCUT2D eigenvalue weighted by Crippen LogP contribution is -2.39. The summed E-state index contributed by atoms with van der Waals surface area (Å²) >= 11 is 0. The maximum atomic E-state index is 11.0. The standard InChI is InChI=1S/C16H21N5O3.HI/c1-2-17-16(20-12-13-6-5-11-24-13)19-10-9-18-14-7-3-4-8-15(14)21(22)23;/h3-8,11,18H,2,9-10,12H2,1H3,(H2,17,19,20);1H. The minimum absolute atomic E-state index is 0. The van der Waals surface area contributed by atoms with E-state index in [1.165, 1.54) is 6.07 Å². The van der Waals surface area contributed by atoms with Crippen LogP contribution < -0.4 is 16.0 Å². The molecule has 0 amide bonds. The monoisotopic (exact) mass is 459 g/mol. The molecule has 0 saturated carbocycles. The summed E-state index contributed by atoms with van der Waals surface area (Å²) in [6, 6.07) is 10.3. The molecule has 1 aromatic heterocycles. The lowest BCUT2D eigenvalue weighted by molar-refractivity contribution is -0.384. The molecule has 0 aliphatic rings. The van der Waals surface area contributed by atoms with Crippen molar-refractivity contribution >= 4 is 41.3 Å². The number of anilines is 1. The summed E-state index contributed by atoms with van der Waals surface area (Å²) in [5.74, 6) is 1.45. The predicted octanol–water partition coefficient (Wildman–Crippen LogP) is 2.97. The average molecular weight is 459 g/mol. The number of halogens is 1. The largest absolute Gasteiger partial charge is 0.467 e. The van der Waals surface area contributed by atoms with E-state index in [4.69, 9.17) is 4.42 Å². The van der Waals surface area contributed by atoms with Gasteiger partial charge in [-0.25, -0.2) is 4.99 Å². The van der Waals surface area contributed by atoms with Crippen LogP contribution in [0.15, 0.2) is 52.1 Å². The third-order valence-corrected chi connectivity index (χ3v) is 3.15. The van der Waals surface area contributed by atoms with E-state index >= 15 is 0 Å². The van der Waals surface area contributed by atoms with Gasteiger partial charge in [-0.3, -0.25) is 10.1 Å². The summed E-state index contributed by atoms with van der Waals surface area (Å²) in [6.07, 6.45) is 1.61. The van der Waals surface area contributed by atoms with E-state index in [1.54, 1.807) is 24.5 Å². The van der Waals surface area contributed by atoms with Crippen molar-refractivity contribution in [2.75, 3.05) is 25.0 Å². The second-order valence-corrected chi connectivity index (χ2v) is 4.90. The Morgan fingerprint density at radius 2 is 2.00 bits per heavy atom. The molecule has 0 spiro atoms. The van der Waals surface area contributed by atoms with Crippen molar-refractivity contribution in [1.29, 1.82) is 0 Å². The molecular weight excluding hydrogens is 437 g/mol. The molecule has 0 radical (unpaired) electrons. The van der Waals surface area contributed by atoms with Crippen LogP contribution in [0.3, 0.4) is 0 Å². The van der Waals surface area contributed by atoms with E-state index in [0.717, 1.165) is 12.3 Å². The van der Waals surface area contributed by atoms with E-state index < -0.39 is 4.92 Å². The Bertz CT molecular complexity index is 676. The molecule has 0 aliphatic carbocycles. The molecule has 9 heteroatoms. The normalized spacial score (nSPS) is 10.7. The van der Waals surface area contributed by atoms with Gasteiger partial charge >= 0.3 is 0 Å². The fourth-order valence-corrected chi connectivity index (χ4v) is 2.06. The lowest BCUT2D eigenvalue weighted by Gasteiger charge is -2.12. The van der Waals surface area contributed by atoms with Crippen LogP contribution in [0, 0.1) is 10.1 Å². The van der Waals surface area contributed by atoms with Crippen LogP contribution in [0.4, 0.5) is 11.4 Å². The van der Waals surface area contributed by atoms with Crippen molar-refractivity contribution in [3.63, 3.8) is 0 Å². The second kappa shape index (κ2) is 11.3. The molecule has 0 unspecified atom stereocenters. The SMILES string of the molecule is CCNC(=NCc1ccco1)NCCNc1ccccc1[N+](=O)[O-].I. The number of nitrogens with zero attached hydrogens (tertiary/aromatic N) is 2. The number of nitro groups is 1. The molecule has 8 nitrogen and oxygen atoms in total. The molecule has 3 N–H and O–H groups in total. The molecular formula is C16H22IN5O3. The molecule has 0 atom stereocenters. The number of rotatable bonds is 8. The van der Waals surface area contributed by atoms with Crippen LogP contribution in [0.25, 0.3) is 0 Å². The Hall–Kier alpha value is -2.30. The zero-order valence-corrected chi connectivity index (χ0v) is 16.2. The van der Waals surface area contributed by atoms with Gasteiger partial charge < -0.3 is 20.4 Å². The van der Waals surface area contributed by atoms with Gasteiger partial charge in [0.05, 0.1) is 11.2 Å². The second-order valence-electron chi connectivity index (χ2n) is 4.90. The summed E-state index contributed by atoms with van der Waals surface area (Å²) in [4.78, 5) is 15.0. The zero-order chi connectivity index (χ0) is 17.2. The van der Waals surface area contributed by atoms with Crippen LogP contribution in [-0.2, 0) is 6.54 Å². The van der Waals surface area contributed by atoms with Gasteiger partial charge in [-0.2, -0.15) is 0 Å². The summed E-state index contributed by atoms with van der Waals surface area (Å²) < 4.78 is 5.24. The van der Waals surface area contributed by atoms with Gasteiger partial charge in [-0.1, -0.05) is 12.1 Å². The highest BCUT2D eigenvalue weighted by atomic mass is 127. The summed E-state index contributed by atoms with van der Waals surface area (Å²) in [6.45, 7) is 4.25. The Morgan fingerprint density at radius 1 is 1.20 bits per heavy atom. The van der Waals surface area contributed by atoms with E-state index in [0.29, 0.717) is 31.3 Å². The highest BCUT2D eigenvalue weighted by Crippen LogP contribution is 2.22. The number of benzene rings is 1. The molecule has 1 heterocycles. The van der Waals surface area contributed by atoms with Crippen LogP contribution in [-0.4, -0.2) is 30.5 Å². The van der Waals surface area contributed by atoms with Crippen LogP contribution >= 0.6 is 24.0 Å². The van der Waals surface area contributed by atoms with Gasteiger partial charge in [0.2, 0.25) is 0 Å². The number of furan rings is 1. The summed E-state index contributed by atoms with van der Waals surface area (Å²) in [5, 5.41) is 20.3. The van der Waals surface area contributed by atoms with Crippen molar-refractivity contribution in [2.24, 2.45) is 4.99 Å². The molecule has 2 rings (SSSR count). The molecule has 0 fully saturated rings.